The minimum atomic E-state index is -0.0904. The van der Waals surface area contributed by atoms with Gasteiger partial charge in [0.25, 0.3) is 5.91 Å². The molecule has 2 saturated heterocycles. The highest BCUT2D eigenvalue weighted by molar-refractivity contribution is 5.92. The molecule has 8 nitrogen and oxygen atoms in total. The van der Waals surface area contributed by atoms with E-state index in [1.54, 1.807) is 11.1 Å². The lowest BCUT2D eigenvalue weighted by molar-refractivity contribution is -0.119. The largest absolute Gasteiger partial charge is 0.351 e. The van der Waals surface area contributed by atoms with Crippen LogP contribution in [0.15, 0.2) is 6.20 Å². The molecule has 3 N–H and O–H groups in total. The van der Waals surface area contributed by atoms with Crippen molar-refractivity contribution in [2.75, 3.05) is 13.1 Å². The number of amides is 2. The van der Waals surface area contributed by atoms with Gasteiger partial charge in [0.1, 0.15) is 0 Å². The van der Waals surface area contributed by atoms with E-state index >= 15 is 0 Å². The second-order valence-corrected chi connectivity index (χ2v) is 7.00. The van der Waals surface area contributed by atoms with Gasteiger partial charge in [0.15, 0.2) is 5.69 Å². The van der Waals surface area contributed by atoms with Crippen LogP contribution in [-0.2, 0) is 4.79 Å². The Kier molecular flexibility index (Phi) is 4.78. The molecule has 0 unspecified atom stereocenters. The average Bonchev–Trinajstić information content (AvgIpc) is 3.21. The Balaban J connectivity index is 0.00000169. The van der Waals surface area contributed by atoms with Crippen LogP contribution in [0.1, 0.15) is 48.6 Å². The lowest BCUT2D eigenvalue weighted by atomic mass is 9.92. The highest BCUT2D eigenvalue weighted by Crippen LogP contribution is 2.28. The molecule has 3 aliphatic rings. The van der Waals surface area contributed by atoms with E-state index in [2.05, 4.69) is 15.6 Å². The topological polar surface area (TPSA) is 106 Å². The number of hydrogen-bond acceptors (Lipinski definition) is 5. The maximum atomic E-state index is 12.6. The van der Waals surface area contributed by atoms with Gasteiger partial charge in [0, 0.05) is 31.5 Å². The second-order valence-electron chi connectivity index (χ2n) is 7.00. The van der Waals surface area contributed by atoms with Gasteiger partial charge in [0.05, 0.1) is 18.3 Å². The van der Waals surface area contributed by atoms with E-state index in [1.165, 1.54) is 0 Å². The number of halogens is 1. The van der Waals surface area contributed by atoms with Crippen LogP contribution in [-0.4, -0.2) is 56.9 Å². The molecule has 0 spiro atoms. The maximum Gasteiger partial charge on any atom is 0.276 e. The third kappa shape index (κ3) is 3.12. The Morgan fingerprint density at radius 3 is 2.71 bits per heavy atom. The number of nitrogens with zero attached hydrogens (tertiary/aromatic N) is 4. The van der Waals surface area contributed by atoms with Crippen molar-refractivity contribution in [3.63, 3.8) is 0 Å². The van der Waals surface area contributed by atoms with E-state index in [1.807, 2.05) is 4.68 Å². The molecule has 1 aliphatic carbocycles. The Morgan fingerprint density at radius 2 is 2.00 bits per heavy atom. The zero-order valence-corrected chi connectivity index (χ0v) is 14.2. The van der Waals surface area contributed by atoms with Crippen molar-refractivity contribution in [1.82, 2.24) is 25.2 Å². The number of nitrogens with two attached hydrogens (primary N) is 1. The van der Waals surface area contributed by atoms with Gasteiger partial charge in [-0.25, -0.2) is 4.68 Å². The summed E-state index contributed by atoms with van der Waals surface area (Å²) < 4.78 is 1.82. The molecular formula is C15H23ClN6O2. The van der Waals surface area contributed by atoms with Crippen LogP contribution >= 0.6 is 12.4 Å². The second kappa shape index (κ2) is 6.68. The molecule has 0 bridgehead atoms. The molecule has 3 fully saturated rings. The molecule has 2 amide bonds. The predicted octanol–water partition coefficient (Wildman–Crippen LogP) is 0.103. The van der Waals surface area contributed by atoms with Crippen LogP contribution in [0, 0.1) is 5.92 Å². The predicted molar refractivity (Wildman–Crippen MR) is 88.7 cm³/mol. The molecule has 3 heterocycles. The lowest BCUT2D eigenvalue weighted by Gasteiger charge is -2.25. The van der Waals surface area contributed by atoms with Crippen molar-refractivity contribution in [2.24, 2.45) is 11.7 Å². The quantitative estimate of drug-likeness (QED) is 0.783. The summed E-state index contributed by atoms with van der Waals surface area (Å²) in [7, 11) is 0. The molecule has 1 aromatic heterocycles. The summed E-state index contributed by atoms with van der Waals surface area (Å²) in [5, 5.41) is 11.1. The molecular weight excluding hydrogens is 332 g/mol. The zero-order chi connectivity index (χ0) is 16.0. The van der Waals surface area contributed by atoms with Gasteiger partial charge in [-0.2, -0.15) is 0 Å². The van der Waals surface area contributed by atoms with Gasteiger partial charge in [-0.05, 0) is 25.7 Å². The highest BCUT2D eigenvalue weighted by Gasteiger charge is 2.42. The maximum absolute atomic E-state index is 12.6. The van der Waals surface area contributed by atoms with Crippen LogP contribution in [0.25, 0.3) is 0 Å². The van der Waals surface area contributed by atoms with E-state index in [-0.39, 0.29) is 42.2 Å². The van der Waals surface area contributed by atoms with Gasteiger partial charge in [-0.3, -0.25) is 9.59 Å². The summed E-state index contributed by atoms with van der Waals surface area (Å²) in [5.41, 5.74) is 6.32. The van der Waals surface area contributed by atoms with E-state index in [4.69, 9.17) is 5.73 Å². The van der Waals surface area contributed by atoms with Crippen molar-refractivity contribution in [2.45, 2.75) is 50.2 Å². The molecule has 2 aliphatic heterocycles. The normalized spacial score (nSPS) is 32.2. The van der Waals surface area contributed by atoms with Crippen molar-refractivity contribution in [1.29, 1.82) is 0 Å². The first-order valence-corrected chi connectivity index (χ1v) is 8.36. The van der Waals surface area contributed by atoms with Gasteiger partial charge in [-0.15, -0.1) is 17.5 Å². The van der Waals surface area contributed by atoms with Gasteiger partial charge >= 0.3 is 0 Å². The van der Waals surface area contributed by atoms with Gasteiger partial charge < -0.3 is 16.0 Å². The molecule has 0 radical (unpaired) electrons. The minimum absolute atomic E-state index is 0. The number of rotatable bonds is 2. The van der Waals surface area contributed by atoms with Crippen LogP contribution in [0.3, 0.4) is 0 Å². The zero-order valence-electron chi connectivity index (χ0n) is 13.4. The smallest absolute Gasteiger partial charge is 0.276 e. The molecule has 1 saturated carbocycles. The van der Waals surface area contributed by atoms with Crippen molar-refractivity contribution >= 4 is 24.2 Å². The van der Waals surface area contributed by atoms with E-state index in [0.29, 0.717) is 31.2 Å². The number of likely N-dealkylation sites (tertiary alicyclic amines) is 1. The SMILES string of the molecule is Cl.NC1CCC(n2cc(C(=O)N3C[C@@H]4CC(=O)N[C@@H]4C3)nn2)CC1. The molecule has 132 valence electrons. The fourth-order valence-corrected chi connectivity index (χ4v) is 3.99. The fraction of sp³-hybridized carbons (Fsp3) is 0.733. The van der Waals surface area contributed by atoms with E-state index in [9.17, 15) is 9.59 Å². The van der Waals surface area contributed by atoms with E-state index in [0.717, 1.165) is 25.7 Å². The monoisotopic (exact) mass is 354 g/mol. The third-order valence-electron chi connectivity index (χ3n) is 5.37. The third-order valence-corrected chi connectivity index (χ3v) is 5.37. The Labute approximate surface area is 146 Å². The van der Waals surface area contributed by atoms with Crippen LogP contribution in [0.5, 0.6) is 0 Å². The Hall–Kier alpha value is -1.67. The number of carbonyl (C=O) groups is 2. The highest BCUT2D eigenvalue weighted by atomic mass is 35.5. The first-order valence-electron chi connectivity index (χ1n) is 8.36. The van der Waals surface area contributed by atoms with E-state index < -0.39 is 0 Å². The minimum Gasteiger partial charge on any atom is -0.351 e. The summed E-state index contributed by atoms with van der Waals surface area (Å²) in [5.74, 6) is 0.238. The number of carbonyl (C=O) groups excluding carboxylic acids is 2. The van der Waals surface area contributed by atoms with Crippen LogP contribution in [0.2, 0.25) is 0 Å². The molecule has 24 heavy (non-hydrogen) atoms. The average molecular weight is 355 g/mol. The summed E-state index contributed by atoms with van der Waals surface area (Å²) in [6.07, 6.45) is 6.22. The van der Waals surface area contributed by atoms with Gasteiger partial charge in [-0.1, -0.05) is 5.21 Å². The Morgan fingerprint density at radius 1 is 1.25 bits per heavy atom. The molecule has 2 atom stereocenters. The summed E-state index contributed by atoms with van der Waals surface area (Å²) in [4.78, 5) is 25.7. The number of nitrogens with one attached hydrogen (secondary N) is 1. The first-order chi connectivity index (χ1) is 11.1. The van der Waals surface area contributed by atoms with Crippen LogP contribution < -0.4 is 11.1 Å². The summed E-state index contributed by atoms with van der Waals surface area (Å²) in [6, 6.07) is 0.678. The van der Waals surface area contributed by atoms with Crippen molar-refractivity contribution in [3.8, 4) is 0 Å². The summed E-state index contributed by atoms with van der Waals surface area (Å²) >= 11 is 0. The Bertz CT molecular complexity index is 611. The van der Waals surface area contributed by atoms with Crippen molar-refractivity contribution < 1.29 is 9.59 Å². The molecule has 0 aromatic carbocycles. The number of aromatic nitrogens is 3. The number of hydrogen-bond donors (Lipinski definition) is 2. The number of fused-ring (bicyclic) bond motifs is 1. The first kappa shape index (κ1) is 17.2. The molecule has 9 heteroatoms. The summed E-state index contributed by atoms with van der Waals surface area (Å²) in [6.45, 7) is 1.19. The van der Waals surface area contributed by atoms with Crippen molar-refractivity contribution in [3.05, 3.63) is 11.9 Å². The van der Waals surface area contributed by atoms with Crippen LogP contribution in [0.4, 0.5) is 0 Å². The lowest BCUT2D eigenvalue weighted by Crippen LogP contribution is -2.35. The fourth-order valence-electron chi connectivity index (χ4n) is 3.99. The standard InChI is InChI=1S/C15H22N6O2.ClH/c16-10-1-3-11(4-2-10)21-8-13(18-19-21)15(23)20-6-9-5-14(22)17-12(9)7-20;/h8-12H,1-7,16H2,(H,17,22);1H/t9-,10?,11?,12+;/m0./s1. The molecule has 4 rings (SSSR count). The van der Waals surface area contributed by atoms with Gasteiger partial charge in [0.2, 0.25) is 5.91 Å². The molecule has 1 aromatic rings.